The third kappa shape index (κ3) is 3.69. The van der Waals surface area contributed by atoms with Gasteiger partial charge in [-0.1, -0.05) is 40.5 Å². The van der Waals surface area contributed by atoms with Gasteiger partial charge in [0.25, 0.3) is 0 Å². The van der Waals surface area contributed by atoms with Crippen LogP contribution in [-0.2, 0) is 9.53 Å². The topological polar surface area (TPSA) is 66.8 Å². The molecule has 1 heterocycles. The van der Waals surface area contributed by atoms with Crippen molar-refractivity contribution in [2.24, 2.45) is 11.8 Å². The Bertz CT molecular complexity index is 329. The van der Waals surface area contributed by atoms with Crippen LogP contribution in [0.3, 0.4) is 0 Å². The summed E-state index contributed by atoms with van der Waals surface area (Å²) in [6, 6.07) is -0.221. The molecule has 0 saturated carbocycles. The van der Waals surface area contributed by atoms with Gasteiger partial charge in [0, 0.05) is 0 Å². The molecule has 5 nitrogen and oxygen atoms in total. The number of amides is 2. The normalized spacial score (nSPS) is 22.5. The molecular weight excluding hydrogens is 246 g/mol. The van der Waals surface area contributed by atoms with Gasteiger partial charge >= 0.3 is 6.09 Å². The highest BCUT2D eigenvalue weighted by molar-refractivity contribution is 5.94. The highest BCUT2D eigenvalue weighted by atomic mass is 16.6. The number of carbonyl (C=O) groups excluding carboxylic acids is 2. The van der Waals surface area contributed by atoms with Gasteiger partial charge in [-0.3, -0.25) is 4.79 Å². The number of carbonyl (C=O) groups is 2. The van der Waals surface area contributed by atoms with Crippen LogP contribution in [-0.4, -0.2) is 40.8 Å². The van der Waals surface area contributed by atoms with E-state index < -0.39 is 18.1 Å². The fourth-order valence-electron chi connectivity index (χ4n) is 2.23. The number of unbranched alkanes of at least 4 members (excludes halogenated alkanes) is 1. The van der Waals surface area contributed by atoms with Gasteiger partial charge in [-0.2, -0.15) is 0 Å². The van der Waals surface area contributed by atoms with E-state index in [0.717, 1.165) is 12.8 Å². The Labute approximate surface area is 114 Å². The fourth-order valence-corrected chi connectivity index (χ4v) is 2.23. The summed E-state index contributed by atoms with van der Waals surface area (Å²) in [5.74, 6) is -0.751. The molecule has 0 bridgehead atoms. The number of aliphatic hydroxyl groups is 1. The zero-order valence-electron chi connectivity index (χ0n) is 12.3. The van der Waals surface area contributed by atoms with Gasteiger partial charge in [-0.05, 0) is 12.3 Å². The minimum atomic E-state index is -0.700. The first-order chi connectivity index (χ1) is 8.90. The molecule has 0 spiro atoms. The molecule has 19 heavy (non-hydrogen) atoms. The Morgan fingerprint density at radius 2 is 2.11 bits per heavy atom. The van der Waals surface area contributed by atoms with Crippen LogP contribution in [0.2, 0.25) is 0 Å². The first-order valence-corrected chi connectivity index (χ1v) is 7.08. The molecule has 1 saturated heterocycles. The molecule has 1 rings (SSSR count). The number of rotatable bonds is 6. The number of nitrogens with zero attached hydrogens (tertiary/aromatic N) is 1. The molecule has 0 aliphatic carbocycles. The minimum Gasteiger partial charge on any atom is -0.447 e. The van der Waals surface area contributed by atoms with Crippen LogP contribution in [0, 0.1) is 11.8 Å². The molecule has 0 aromatic rings. The van der Waals surface area contributed by atoms with Crippen LogP contribution in [0.25, 0.3) is 0 Å². The lowest BCUT2D eigenvalue weighted by molar-refractivity contribution is -0.137. The Morgan fingerprint density at radius 1 is 1.47 bits per heavy atom. The number of hydrogen-bond donors (Lipinski definition) is 1. The Morgan fingerprint density at radius 3 is 2.63 bits per heavy atom. The molecule has 3 atom stereocenters. The smallest absolute Gasteiger partial charge is 0.416 e. The van der Waals surface area contributed by atoms with Crippen molar-refractivity contribution in [2.75, 3.05) is 6.61 Å². The third-order valence-electron chi connectivity index (χ3n) is 3.73. The largest absolute Gasteiger partial charge is 0.447 e. The lowest BCUT2D eigenvalue weighted by Crippen LogP contribution is -2.46. The zero-order chi connectivity index (χ0) is 14.6. The van der Waals surface area contributed by atoms with E-state index in [2.05, 4.69) is 0 Å². The second-order valence-corrected chi connectivity index (χ2v) is 5.59. The highest BCUT2D eigenvalue weighted by Crippen LogP contribution is 2.23. The number of ether oxygens (including phenoxy) is 1. The average Bonchev–Trinajstić information content (AvgIpc) is 2.76. The molecule has 1 aliphatic heterocycles. The van der Waals surface area contributed by atoms with Crippen molar-refractivity contribution in [3.05, 3.63) is 0 Å². The molecule has 1 aliphatic rings. The molecule has 1 N–H and O–H groups in total. The predicted molar refractivity (Wildman–Crippen MR) is 71.5 cm³/mol. The van der Waals surface area contributed by atoms with Crippen LogP contribution >= 0.6 is 0 Å². The van der Waals surface area contributed by atoms with E-state index >= 15 is 0 Å². The maximum atomic E-state index is 12.3. The molecular formula is C14H25NO4. The number of aliphatic hydroxyl groups excluding tert-OH is 1. The zero-order valence-corrected chi connectivity index (χ0v) is 12.3. The summed E-state index contributed by atoms with van der Waals surface area (Å²) in [7, 11) is 0. The maximum Gasteiger partial charge on any atom is 0.416 e. The second kappa shape index (κ2) is 6.89. The van der Waals surface area contributed by atoms with Gasteiger partial charge in [-0.25, -0.2) is 9.69 Å². The molecule has 0 unspecified atom stereocenters. The highest BCUT2D eigenvalue weighted by Gasteiger charge is 2.42. The van der Waals surface area contributed by atoms with E-state index in [1.54, 1.807) is 6.92 Å². The molecule has 0 aromatic heterocycles. The van der Waals surface area contributed by atoms with Gasteiger partial charge < -0.3 is 9.84 Å². The first kappa shape index (κ1) is 16.0. The lowest BCUT2D eigenvalue weighted by atomic mass is 9.96. The van der Waals surface area contributed by atoms with E-state index in [1.807, 2.05) is 20.8 Å². The van der Waals surface area contributed by atoms with Crippen molar-refractivity contribution in [3.8, 4) is 0 Å². The Balaban J connectivity index is 2.71. The van der Waals surface area contributed by atoms with Gasteiger partial charge in [0.15, 0.2) is 0 Å². The first-order valence-electron chi connectivity index (χ1n) is 7.08. The Kier molecular flexibility index (Phi) is 5.79. The average molecular weight is 271 g/mol. The van der Waals surface area contributed by atoms with Crippen molar-refractivity contribution < 1.29 is 19.4 Å². The van der Waals surface area contributed by atoms with Crippen LogP contribution in [0.5, 0.6) is 0 Å². The van der Waals surface area contributed by atoms with Crippen molar-refractivity contribution in [1.29, 1.82) is 0 Å². The van der Waals surface area contributed by atoms with E-state index in [4.69, 9.17) is 4.74 Å². The number of cyclic esters (lactones) is 1. The summed E-state index contributed by atoms with van der Waals surface area (Å²) in [5.41, 5.74) is 0. The number of imide groups is 1. The van der Waals surface area contributed by atoms with Crippen molar-refractivity contribution in [3.63, 3.8) is 0 Å². The van der Waals surface area contributed by atoms with Crippen LogP contribution in [0.1, 0.15) is 47.0 Å². The minimum absolute atomic E-state index is 0.149. The van der Waals surface area contributed by atoms with Gasteiger partial charge in [0.2, 0.25) is 5.91 Å². The number of hydrogen-bond acceptors (Lipinski definition) is 4. The molecule has 0 aromatic carbocycles. The summed E-state index contributed by atoms with van der Waals surface area (Å²) in [6.07, 6.45) is 1.14. The molecule has 5 heteroatoms. The lowest BCUT2D eigenvalue weighted by Gasteiger charge is -2.27. The van der Waals surface area contributed by atoms with Crippen molar-refractivity contribution >= 4 is 12.0 Å². The monoisotopic (exact) mass is 271 g/mol. The van der Waals surface area contributed by atoms with E-state index in [-0.39, 0.29) is 24.5 Å². The predicted octanol–water partition coefficient (Wildman–Crippen LogP) is 2.18. The molecule has 110 valence electrons. The van der Waals surface area contributed by atoms with E-state index in [1.165, 1.54) is 4.90 Å². The Hall–Kier alpha value is -1.10. The van der Waals surface area contributed by atoms with Gasteiger partial charge in [0.05, 0.1) is 18.1 Å². The van der Waals surface area contributed by atoms with Crippen LogP contribution < -0.4 is 0 Å². The summed E-state index contributed by atoms with van der Waals surface area (Å²) in [6.45, 7) is 7.85. The van der Waals surface area contributed by atoms with Gasteiger partial charge in [0.1, 0.15) is 6.61 Å². The van der Waals surface area contributed by atoms with Crippen LogP contribution in [0.4, 0.5) is 4.79 Å². The molecule has 2 amide bonds. The molecule has 0 radical (unpaired) electrons. The van der Waals surface area contributed by atoms with Gasteiger partial charge in [-0.15, -0.1) is 0 Å². The summed E-state index contributed by atoms with van der Waals surface area (Å²) in [4.78, 5) is 25.2. The SMILES string of the molecule is CCCC[C@@H](O)[C@@H](C)C(=O)N1C(=O)OC[C@@H]1C(C)C. The third-order valence-corrected chi connectivity index (χ3v) is 3.73. The maximum absolute atomic E-state index is 12.3. The molecule has 1 fully saturated rings. The second-order valence-electron chi connectivity index (χ2n) is 5.59. The quantitative estimate of drug-likeness (QED) is 0.804. The van der Waals surface area contributed by atoms with Crippen LogP contribution in [0.15, 0.2) is 0 Å². The summed E-state index contributed by atoms with van der Waals surface area (Å²) in [5, 5.41) is 9.99. The summed E-state index contributed by atoms with van der Waals surface area (Å²) >= 11 is 0. The van der Waals surface area contributed by atoms with Crippen molar-refractivity contribution in [1.82, 2.24) is 4.90 Å². The van der Waals surface area contributed by atoms with E-state index in [9.17, 15) is 14.7 Å². The van der Waals surface area contributed by atoms with Crippen molar-refractivity contribution in [2.45, 2.75) is 59.1 Å². The van der Waals surface area contributed by atoms with E-state index in [0.29, 0.717) is 6.42 Å². The fraction of sp³-hybridized carbons (Fsp3) is 0.857. The summed E-state index contributed by atoms with van der Waals surface area (Å²) < 4.78 is 4.96. The standard InChI is InChI=1S/C14H25NO4/c1-5-6-7-12(16)10(4)13(17)15-11(9(2)3)8-19-14(15)18/h9-12,16H,5-8H2,1-4H3/t10-,11-,12-/m1/s1.